The lowest BCUT2D eigenvalue weighted by Crippen LogP contribution is -2.28. The number of hydrogen-bond donors (Lipinski definition) is 1. The summed E-state index contributed by atoms with van der Waals surface area (Å²) < 4.78 is 0. The van der Waals surface area contributed by atoms with Crippen molar-refractivity contribution in [3.8, 4) is 0 Å². The van der Waals surface area contributed by atoms with E-state index in [-0.39, 0.29) is 24.2 Å². The Balaban J connectivity index is 1.65. The van der Waals surface area contributed by atoms with E-state index in [1.54, 1.807) is 29.2 Å². The van der Waals surface area contributed by atoms with Crippen LogP contribution in [0.5, 0.6) is 0 Å². The molecule has 25 heavy (non-hydrogen) atoms. The van der Waals surface area contributed by atoms with Crippen molar-refractivity contribution < 1.29 is 9.59 Å². The topological polar surface area (TPSA) is 52.7 Å². The Morgan fingerprint density at radius 2 is 1.76 bits per heavy atom. The number of nitrogens with zero attached hydrogens (tertiary/aromatic N) is 2. The average Bonchev–Trinajstić information content (AvgIpc) is 2.98. The molecule has 0 radical (unpaired) electrons. The predicted molar refractivity (Wildman–Crippen MR) is 101 cm³/mol. The molecule has 2 aromatic carbocycles. The molecule has 1 atom stereocenters. The second-order valence-corrected chi connectivity index (χ2v) is 6.75. The van der Waals surface area contributed by atoms with Crippen LogP contribution in [0, 0.1) is 5.92 Å². The highest BCUT2D eigenvalue weighted by molar-refractivity contribution is 6.30. The Morgan fingerprint density at radius 1 is 1.12 bits per heavy atom. The number of carbonyl (C=O) groups is 2. The number of nitrogens with one attached hydrogen (secondary N) is 1. The Morgan fingerprint density at radius 3 is 2.36 bits per heavy atom. The number of amides is 2. The number of halogens is 1. The normalized spacial score (nSPS) is 16.8. The van der Waals surface area contributed by atoms with Gasteiger partial charge in [0.1, 0.15) is 0 Å². The van der Waals surface area contributed by atoms with Crippen LogP contribution < -0.4 is 15.1 Å². The van der Waals surface area contributed by atoms with E-state index in [4.69, 9.17) is 11.6 Å². The number of anilines is 3. The molecular formula is C19H20ClN3O2. The van der Waals surface area contributed by atoms with E-state index in [0.29, 0.717) is 11.6 Å². The van der Waals surface area contributed by atoms with Crippen LogP contribution in [0.3, 0.4) is 0 Å². The van der Waals surface area contributed by atoms with Gasteiger partial charge in [-0.15, -0.1) is 0 Å². The Labute approximate surface area is 152 Å². The van der Waals surface area contributed by atoms with Crippen molar-refractivity contribution in [2.45, 2.75) is 6.42 Å². The fraction of sp³-hybridized carbons (Fsp3) is 0.263. The lowest BCUT2D eigenvalue weighted by molar-refractivity contribution is -0.122. The quantitative estimate of drug-likeness (QED) is 0.912. The summed E-state index contributed by atoms with van der Waals surface area (Å²) in [6.07, 6.45) is 0.213. The van der Waals surface area contributed by atoms with Crippen molar-refractivity contribution in [1.29, 1.82) is 0 Å². The maximum absolute atomic E-state index is 12.5. The molecule has 1 N–H and O–H groups in total. The Kier molecular flexibility index (Phi) is 4.95. The minimum Gasteiger partial charge on any atom is -0.378 e. The Hall–Kier alpha value is -2.53. The SMILES string of the molecule is CN(C)c1ccc(NC(=O)[C@H]2CC(=O)N(c3ccc(Cl)cc3)C2)cc1. The number of carbonyl (C=O) groups excluding carboxylic acids is 2. The summed E-state index contributed by atoms with van der Waals surface area (Å²) in [5.74, 6) is -0.551. The summed E-state index contributed by atoms with van der Waals surface area (Å²) in [5.41, 5.74) is 2.55. The van der Waals surface area contributed by atoms with Crippen LogP contribution in [0.1, 0.15) is 6.42 Å². The smallest absolute Gasteiger partial charge is 0.229 e. The van der Waals surface area contributed by atoms with Gasteiger partial charge >= 0.3 is 0 Å². The standard InChI is InChI=1S/C19H20ClN3O2/c1-22(2)16-9-5-15(6-10-16)21-19(25)13-11-18(24)23(12-13)17-7-3-14(20)4-8-17/h3-10,13H,11-12H2,1-2H3,(H,21,25)/t13-/m0/s1. The third-order valence-corrected chi connectivity index (χ3v) is 4.54. The molecule has 6 heteroatoms. The van der Waals surface area contributed by atoms with Gasteiger partial charge in [-0.2, -0.15) is 0 Å². The van der Waals surface area contributed by atoms with Crippen LogP contribution in [-0.4, -0.2) is 32.5 Å². The van der Waals surface area contributed by atoms with Gasteiger partial charge in [0.05, 0.1) is 5.92 Å². The van der Waals surface area contributed by atoms with Crippen molar-refractivity contribution >= 4 is 40.5 Å². The van der Waals surface area contributed by atoms with Gasteiger partial charge in [0, 0.05) is 49.1 Å². The maximum atomic E-state index is 12.5. The van der Waals surface area contributed by atoms with Gasteiger partial charge in [-0.1, -0.05) is 11.6 Å². The molecule has 3 rings (SSSR count). The van der Waals surface area contributed by atoms with Gasteiger partial charge < -0.3 is 15.1 Å². The zero-order valence-corrected chi connectivity index (χ0v) is 15.0. The van der Waals surface area contributed by atoms with E-state index in [1.165, 1.54) is 0 Å². The molecule has 1 aliphatic heterocycles. The van der Waals surface area contributed by atoms with E-state index in [2.05, 4.69) is 5.32 Å². The number of benzene rings is 2. The molecule has 2 amide bonds. The van der Waals surface area contributed by atoms with Crippen LogP contribution in [0.4, 0.5) is 17.1 Å². The maximum Gasteiger partial charge on any atom is 0.229 e. The fourth-order valence-corrected chi connectivity index (χ4v) is 2.97. The fourth-order valence-electron chi connectivity index (χ4n) is 2.84. The molecule has 0 aromatic heterocycles. The van der Waals surface area contributed by atoms with Crippen LogP contribution >= 0.6 is 11.6 Å². The molecule has 1 aliphatic rings. The van der Waals surface area contributed by atoms with E-state index in [1.807, 2.05) is 43.3 Å². The predicted octanol–water partition coefficient (Wildman–Crippen LogP) is 3.40. The van der Waals surface area contributed by atoms with E-state index < -0.39 is 0 Å². The van der Waals surface area contributed by atoms with E-state index in [9.17, 15) is 9.59 Å². The van der Waals surface area contributed by atoms with E-state index >= 15 is 0 Å². The number of hydrogen-bond acceptors (Lipinski definition) is 3. The van der Waals surface area contributed by atoms with Crippen LogP contribution in [0.15, 0.2) is 48.5 Å². The summed E-state index contributed by atoms with van der Waals surface area (Å²) in [6, 6.07) is 14.7. The highest BCUT2D eigenvalue weighted by Gasteiger charge is 2.35. The molecule has 0 aliphatic carbocycles. The molecule has 2 aromatic rings. The summed E-state index contributed by atoms with van der Waals surface area (Å²) in [7, 11) is 3.92. The molecule has 0 unspecified atom stereocenters. The van der Waals surface area contributed by atoms with Crippen LogP contribution in [0.2, 0.25) is 5.02 Å². The average molecular weight is 358 g/mol. The minimum absolute atomic E-state index is 0.0505. The number of rotatable bonds is 4. The first-order chi connectivity index (χ1) is 11.9. The Bertz CT molecular complexity index is 772. The molecule has 1 fully saturated rings. The third-order valence-electron chi connectivity index (χ3n) is 4.29. The van der Waals surface area contributed by atoms with Crippen molar-refractivity contribution in [1.82, 2.24) is 0 Å². The zero-order valence-electron chi connectivity index (χ0n) is 14.2. The molecule has 130 valence electrons. The van der Waals surface area contributed by atoms with Crippen molar-refractivity contribution in [3.63, 3.8) is 0 Å². The zero-order chi connectivity index (χ0) is 18.0. The first-order valence-corrected chi connectivity index (χ1v) is 8.46. The van der Waals surface area contributed by atoms with Gasteiger partial charge in [0.15, 0.2) is 0 Å². The van der Waals surface area contributed by atoms with E-state index in [0.717, 1.165) is 17.1 Å². The molecule has 1 heterocycles. The van der Waals surface area contributed by atoms with Gasteiger partial charge in [0.25, 0.3) is 0 Å². The highest BCUT2D eigenvalue weighted by Crippen LogP contribution is 2.27. The van der Waals surface area contributed by atoms with Gasteiger partial charge in [-0.25, -0.2) is 0 Å². The minimum atomic E-state index is -0.364. The molecule has 0 saturated carbocycles. The van der Waals surface area contributed by atoms with Crippen molar-refractivity contribution in [3.05, 3.63) is 53.6 Å². The first kappa shape index (κ1) is 17.3. The lowest BCUT2D eigenvalue weighted by Gasteiger charge is -2.17. The van der Waals surface area contributed by atoms with Crippen LogP contribution in [-0.2, 0) is 9.59 Å². The second-order valence-electron chi connectivity index (χ2n) is 6.31. The highest BCUT2D eigenvalue weighted by atomic mass is 35.5. The lowest BCUT2D eigenvalue weighted by atomic mass is 10.1. The molecule has 1 saturated heterocycles. The van der Waals surface area contributed by atoms with Crippen molar-refractivity contribution in [2.75, 3.05) is 35.8 Å². The molecule has 0 bridgehead atoms. The summed E-state index contributed by atoms with van der Waals surface area (Å²) in [5, 5.41) is 3.51. The van der Waals surface area contributed by atoms with Crippen LogP contribution in [0.25, 0.3) is 0 Å². The molecular weight excluding hydrogens is 338 g/mol. The van der Waals surface area contributed by atoms with Crippen molar-refractivity contribution in [2.24, 2.45) is 5.92 Å². The monoisotopic (exact) mass is 357 g/mol. The second kappa shape index (κ2) is 7.15. The third kappa shape index (κ3) is 3.94. The molecule has 5 nitrogen and oxygen atoms in total. The summed E-state index contributed by atoms with van der Waals surface area (Å²) >= 11 is 5.88. The summed E-state index contributed by atoms with van der Waals surface area (Å²) in [4.78, 5) is 28.4. The first-order valence-electron chi connectivity index (χ1n) is 8.08. The summed E-state index contributed by atoms with van der Waals surface area (Å²) in [6.45, 7) is 0.377. The molecule has 0 spiro atoms. The largest absolute Gasteiger partial charge is 0.378 e. The van der Waals surface area contributed by atoms with Gasteiger partial charge in [-0.3, -0.25) is 9.59 Å². The van der Waals surface area contributed by atoms with Gasteiger partial charge in [-0.05, 0) is 48.5 Å². The van der Waals surface area contributed by atoms with Gasteiger partial charge in [0.2, 0.25) is 11.8 Å².